The van der Waals surface area contributed by atoms with Crippen LogP contribution in [0.2, 0.25) is 0 Å². The molecule has 0 saturated carbocycles. The SMILES string of the molecule is CN(C)C(=O)/C=C/CN1CCC[C@@H](Nc2ccc(/C(=C(/CC(F)(F)F)c3ccccc3)c3ccc4[nH]nc(F)c4c3)cn2)C1. The van der Waals surface area contributed by atoms with Crippen molar-refractivity contribution in [3.05, 3.63) is 102 Å². The summed E-state index contributed by atoms with van der Waals surface area (Å²) in [6.07, 6.45) is 1.24. The molecule has 1 aliphatic rings. The smallest absolute Gasteiger partial charge is 0.366 e. The number of halogens is 4. The van der Waals surface area contributed by atoms with Crippen LogP contribution in [0.15, 0.2) is 79.0 Å². The van der Waals surface area contributed by atoms with E-state index in [1.54, 1.807) is 81.0 Å². The third-order valence-corrected chi connectivity index (χ3v) is 7.58. The summed E-state index contributed by atoms with van der Waals surface area (Å²) in [7, 11) is 3.42. The number of piperidine rings is 1. The zero-order valence-corrected chi connectivity index (χ0v) is 24.5. The van der Waals surface area contributed by atoms with Crippen molar-refractivity contribution < 1.29 is 22.4 Å². The second-order valence-electron chi connectivity index (χ2n) is 11.1. The second-order valence-corrected chi connectivity index (χ2v) is 11.1. The van der Waals surface area contributed by atoms with Crippen molar-refractivity contribution in [1.29, 1.82) is 0 Å². The minimum absolute atomic E-state index is 0.0603. The fraction of sp³-hybridized carbons (Fsp3) is 0.303. The van der Waals surface area contributed by atoms with Crippen molar-refractivity contribution in [2.24, 2.45) is 0 Å². The van der Waals surface area contributed by atoms with Gasteiger partial charge in [0.15, 0.2) is 0 Å². The van der Waals surface area contributed by atoms with Crippen molar-refractivity contribution in [3.63, 3.8) is 0 Å². The fourth-order valence-corrected chi connectivity index (χ4v) is 5.45. The molecule has 5 rings (SSSR count). The molecular weight excluding hydrogens is 572 g/mol. The van der Waals surface area contributed by atoms with Crippen LogP contribution in [-0.2, 0) is 4.79 Å². The summed E-state index contributed by atoms with van der Waals surface area (Å²) in [5, 5.41) is 9.84. The number of alkyl halides is 3. The zero-order valence-electron chi connectivity index (χ0n) is 24.5. The van der Waals surface area contributed by atoms with Crippen molar-refractivity contribution in [1.82, 2.24) is 25.0 Å². The maximum Gasteiger partial charge on any atom is 0.393 e. The van der Waals surface area contributed by atoms with Crippen LogP contribution >= 0.6 is 0 Å². The van der Waals surface area contributed by atoms with Crippen molar-refractivity contribution >= 4 is 33.8 Å². The number of aromatic amines is 1. The Morgan fingerprint density at radius 2 is 1.86 bits per heavy atom. The first kappa shape index (κ1) is 30.9. The van der Waals surface area contributed by atoms with Crippen LogP contribution < -0.4 is 5.32 Å². The quantitative estimate of drug-likeness (QED) is 0.129. The van der Waals surface area contributed by atoms with Crippen LogP contribution in [-0.4, -0.2) is 76.8 Å². The van der Waals surface area contributed by atoms with E-state index >= 15 is 0 Å². The van der Waals surface area contributed by atoms with E-state index in [9.17, 15) is 22.4 Å². The average Bonchev–Trinajstić information content (AvgIpc) is 3.37. The molecule has 7 nitrogen and oxygen atoms in total. The highest BCUT2D eigenvalue weighted by Gasteiger charge is 2.32. The van der Waals surface area contributed by atoms with Gasteiger partial charge >= 0.3 is 6.18 Å². The van der Waals surface area contributed by atoms with Gasteiger partial charge in [-0.3, -0.25) is 14.8 Å². The third-order valence-electron chi connectivity index (χ3n) is 7.58. The number of fused-ring (bicyclic) bond motifs is 1. The molecule has 2 aromatic carbocycles. The predicted molar refractivity (Wildman–Crippen MR) is 164 cm³/mol. The third kappa shape index (κ3) is 7.71. The predicted octanol–water partition coefficient (Wildman–Crippen LogP) is 6.53. The summed E-state index contributed by atoms with van der Waals surface area (Å²) in [5.41, 5.74) is 2.14. The molecular formula is C33H34F4N6O. The lowest BCUT2D eigenvalue weighted by atomic mass is 9.88. The van der Waals surface area contributed by atoms with Gasteiger partial charge in [0.25, 0.3) is 0 Å². The van der Waals surface area contributed by atoms with E-state index in [1.165, 1.54) is 11.0 Å². The number of nitrogens with zero attached hydrogens (tertiary/aromatic N) is 4. The summed E-state index contributed by atoms with van der Waals surface area (Å²) < 4.78 is 56.4. The first-order chi connectivity index (χ1) is 21.1. The lowest BCUT2D eigenvalue weighted by molar-refractivity contribution is -0.124. The number of amides is 1. The maximum atomic E-state index is 14.4. The summed E-state index contributed by atoms with van der Waals surface area (Å²) in [6.45, 7) is 2.33. The molecule has 2 N–H and O–H groups in total. The Bertz CT molecular complexity index is 1640. The lowest BCUT2D eigenvalue weighted by Crippen LogP contribution is -2.42. The number of carbonyl (C=O) groups excluding carboxylic acids is 1. The molecule has 0 bridgehead atoms. The van der Waals surface area contributed by atoms with Crippen molar-refractivity contribution in [2.75, 3.05) is 39.0 Å². The molecule has 230 valence electrons. The van der Waals surface area contributed by atoms with Gasteiger partial charge in [-0.2, -0.15) is 17.6 Å². The van der Waals surface area contributed by atoms with Crippen LogP contribution in [0.25, 0.3) is 22.0 Å². The molecule has 44 heavy (non-hydrogen) atoms. The number of rotatable bonds is 9. The van der Waals surface area contributed by atoms with E-state index in [0.717, 1.165) is 25.9 Å². The molecule has 0 unspecified atom stereocenters. The molecule has 4 aromatic rings. The standard InChI is InChI=1S/C33H34F4N6O/c1-42(2)30(44)11-7-17-43-16-6-10-25(21-43)39-29-15-13-24(20-38-29)31(23-12-14-28-26(18-23)32(34)41-40-28)27(19-33(35,36)37)22-8-4-3-5-9-22/h3-5,7-9,11-15,18,20,25H,6,10,16-17,19,21H2,1-2H3,(H,38,39)(H,40,41)/b11-7+,31-27-/t25-/m1/s1. The Kier molecular flexibility index (Phi) is 9.43. The maximum absolute atomic E-state index is 14.4. The van der Waals surface area contributed by atoms with Gasteiger partial charge < -0.3 is 10.2 Å². The molecule has 3 heterocycles. The monoisotopic (exact) mass is 606 g/mol. The Morgan fingerprint density at radius 3 is 2.57 bits per heavy atom. The molecule has 1 atom stereocenters. The molecule has 1 saturated heterocycles. The number of likely N-dealkylation sites (tertiary alicyclic amines) is 1. The van der Waals surface area contributed by atoms with Gasteiger partial charge in [-0.25, -0.2) is 4.98 Å². The van der Waals surface area contributed by atoms with Gasteiger partial charge in [0.05, 0.1) is 17.3 Å². The van der Waals surface area contributed by atoms with Gasteiger partial charge in [-0.05, 0) is 65.9 Å². The van der Waals surface area contributed by atoms with Gasteiger partial charge in [-0.15, -0.1) is 5.10 Å². The van der Waals surface area contributed by atoms with E-state index < -0.39 is 18.5 Å². The first-order valence-electron chi connectivity index (χ1n) is 14.4. The topological polar surface area (TPSA) is 77.2 Å². The number of hydrogen-bond donors (Lipinski definition) is 2. The minimum atomic E-state index is -4.49. The van der Waals surface area contributed by atoms with Gasteiger partial charge in [0.2, 0.25) is 11.9 Å². The highest BCUT2D eigenvalue weighted by Crippen LogP contribution is 2.40. The molecule has 1 amide bonds. The summed E-state index contributed by atoms with van der Waals surface area (Å²) >= 11 is 0. The molecule has 0 aliphatic carbocycles. The summed E-state index contributed by atoms with van der Waals surface area (Å²) in [4.78, 5) is 20.2. The fourth-order valence-electron chi connectivity index (χ4n) is 5.45. The Hall–Kier alpha value is -4.51. The molecule has 2 aromatic heterocycles. The number of aromatic nitrogens is 3. The van der Waals surface area contributed by atoms with Crippen LogP contribution in [0.4, 0.5) is 23.4 Å². The van der Waals surface area contributed by atoms with Crippen LogP contribution in [0.1, 0.15) is 36.0 Å². The van der Waals surface area contributed by atoms with Crippen LogP contribution in [0, 0.1) is 5.95 Å². The normalized spacial score (nSPS) is 16.7. The van der Waals surface area contributed by atoms with E-state index in [1.807, 2.05) is 6.08 Å². The zero-order chi connectivity index (χ0) is 31.3. The molecule has 11 heteroatoms. The van der Waals surface area contributed by atoms with Gasteiger partial charge in [0, 0.05) is 51.1 Å². The summed E-state index contributed by atoms with van der Waals surface area (Å²) in [5.74, 6) is -0.182. The Labute approximate surface area is 253 Å². The first-order valence-corrected chi connectivity index (χ1v) is 14.4. The average molecular weight is 607 g/mol. The van der Waals surface area contributed by atoms with E-state index in [4.69, 9.17) is 0 Å². The summed E-state index contributed by atoms with van der Waals surface area (Å²) in [6, 6.07) is 16.8. The minimum Gasteiger partial charge on any atom is -0.366 e. The molecule has 0 radical (unpaired) electrons. The van der Waals surface area contributed by atoms with E-state index in [-0.39, 0.29) is 22.9 Å². The molecule has 0 spiro atoms. The van der Waals surface area contributed by atoms with Crippen LogP contribution in [0.3, 0.4) is 0 Å². The number of nitrogens with one attached hydrogen (secondary N) is 2. The number of benzene rings is 2. The number of H-pyrrole nitrogens is 1. The van der Waals surface area contributed by atoms with Crippen molar-refractivity contribution in [2.45, 2.75) is 31.5 Å². The lowest BCUT2D eigenvalue weighted by Gasteiger charge is -2.32. The number of anilines is 1. The number of pyridine rings is 1. The van der Waals surface area contributed by atoms with E-state index in [2.05, 4.69) is 25.4 Å². The highest BCUT2D eigenvalue weighted by atomic mass is 19.4. The molecule has 1 fully saturated rings. The number of allylic oxidation sites excluding steroid dienone is 1. The number of likely N-dealkylation sites (N-methyl/N-ethyl adjacent to an activating group) is 1. The number of carbonyl (C=O) groups is 1. The number of hydrogen-bond acceptors (Lipinski definition) is 5. The van der Waals surface area contributed by atoms with Gasteiger partial charge in [-0.1, -0.05) is 42.5 Å². The van der Waals surface area contributed by atoms with E-state index in [0.29, 0.717) is 40.1 Å². The second kappa shape index (κ2) is 13.4. The Balaban J connectivity index is 1.45. The van der Waals surface area contributed by atoms with Crippen LogP contribution in [0.5, 0.6) is 0 Å². The highest BCUT2D eigenvalue weighted by molar-refractivity contribution is 6.00. The van der Waals surface area contributed by atoms with Crippen molar-refractivity contribution in [3.8, 4) is 0 Å². The Morgan fingerprint density at radius 1 is 1.09 bits per heavy atom. The van der Waals surface area contributed by atoms with Gasteiger partial charge in [0.1, 0.15) is 5.82 Å². The largest absolute Gasteiger partial charge is 0.393 e. The molecule has 1 aliphatic heterocycles.